The molecule has 3 aromatic rings. The van der Waals surface area contributed by atoms with Crippen molar-refractivity contribution in [3.05, 3.63) is 61.1 Å². The monoisotopic (exact) mass is 268 g/mol. The van der Waals surface area contributed by atoms with E-state index in [2.05, 4.69) is 0 Å². The molecule has 0 N–H and O–H groups in total. The number of hydrogen-bond donors (Lipinski definition) is 0. The predicted molar refractivity (Wildman–Crippen MR) is 77.4 cm³/mol. The summed E-state index contributed by atoms with van der Waals surface area (Å²) in [6, 6.07) is 13.8. The predicted octanol–water partition coefficient (Wildman–Crippen LogP) is 3.05. The fourth-order valence-corrected chi connectivity index (χ4v) is 2.42. The highest BCUT2D eigenvalue weighted by atomic mass is 16.5. The Morgan fingerprint density at radius 1 is 1.10 bits per heavy atom. The van der Waals surface area contributed by atoms with Gasteiger partial charge < -0.3 is 13.9 Å². The maximum Gasteiger partial charge on any atom is 0.350 e. The first-order valence-electron chi connectivity index (χ1n) is 6.66. The van der Waals surface area contributed by atoms with Crippen LogP contribution < -0.4 is 0 Å². The summed E-state index contributed by atoms with van der Waals surface area (Å²) in [4.78, 5) is 12.3. The van der Waals surface area contributed by atoms with Crippen LogP contribution in [0.4, 0.5) is 0 Å². The third-order valence-electron chi connectivity index (χ3n) is 3.30. The summed E-state index contributed by atoms with van der Waals surface area (Å²) in [6.07, 6.45) is 5.16. The van der Waals surface area contributed by atoms with Crippen LogP contribution in [0, 0.1) is 0 Å². The molecule has 1 aromatic carbocycles. The number of nitrogens with zero attached hydrogens (tertiary/aromatic N) is 2. The SMILES string of the molecule is CCOC(=O)C(n1cccc1)n1ccc2ccccc21. The van der Waals surface area contributed by atoms with Gasteiger partial charge in [0.25, 0.3) is 0 Å². The molecule has 0 aliphatic rings. The summed E-state index contributed by atoms with van der Waals surface area (Å²) < 4.78 is 9.01. The van der Waals surface area contributed by atoms with E-state index in [1.165, 1.54) is 0 Å². The number of benzene rings is 1. The summed E-state index contributed by atoms with van der Waals surface area (Å²) in [5, 5.41) is 1.11. The van der Waals surface area contributed by atoms with Gasteiger partial charge in [-0.05, 0) is 36.6 Å². The summed E-state index contributed by atoms with van der Waals surface area (Å²) in [5.41, 5.74) is 1.01. The summed E-state index contributed by atoms with van der Waals surface area (Å²) in [5.74, 6) is -0.259. The maximum absolute atomic E-state index is 12.3. The van der Waals surface area contributed by atoms with Crippen LogP contribution in [0.2, 0.25) is 0 Å². The molecule has 20 heavy (non-hydrogen) atoms. The minimum Gasteiger partial charge on any atom is -0.463 e. The van der Waals surface area contributed by atoms with E-state index in [0.717, 1.165) is 10.9 Å². The fourth-order valence-electron chi connectivity index (χ4n) is 2.42. The molecule has 102 valence electrons. The van der Waals surface area contributed by atoms with Crippen LogP contribution in [0.25, 0.3) is 10.9 Å². The second-order valence-electron chi connectivity index (χ2n) is 4.54. The lowest BCUT2D eigenvalue weighted by molar-refractivity contribution is -0.148. The normalized spacial score (nSPS) is 12.4. The number of hydrogen-bond acceptors (Lipinski definition) is 2. The third kappa shape index (κ3) is 2.09. The van der Waals surface area contributed by atoms with Crippen LogP contribution in [-0.2, 0) is 9.53 Å². The summed E-state index contributed by atoms with van der Waals surface area (Å²) in [7, 11) is 0. The molecule has 0 saturated heterocycles. The van der Waals surface area contributed by atoms with Crippen molar-refractivity contribution in [2.24, 2.45) is 0 Å². The largest absolute Gasteiger partial charge is 0.463 e. The molecule has 0 fully saturated rings. The average Bonchev–Trinajstić information content (AvgIpc) is 3.10. The molecular weight excluding hydrogens is 252 g/mol. The van der Waals surface area contributed by atoms with Gasteiger partial charge in [-0.1, -0.05) is 18.2 Å². The Balaban J connectivity index is 2.12. The van der Waals surface area contributed by atoms with Gasteiger partial charge in [0.1, 0.15) is 0 Å². The summed E-state index contributed by atoms with van der Waals surface area (Å²) in [6.45, 7) is 2.19. The Hall–Kier alpha value is -2.49. The van der Waals surface area contributed by atoms with Crippen molar-refractivity contribution in [3.63, 3.8) is 0 Å². The van der Waals surface area contributed by atoms with E-state index >= 15 is 0 Å². The lowest BCUT2D eigenvalue weighted by Crippen LogP contribution is -2.27. The maximum atomic E-state index is 12.3. The molecular formula is C16H16N2O2. The Morgan fingerprint density at radius 3 is 2.60 bits per heavy atom. The van der Waals surface area contributed by atoms with E-state index < -0.39 is 6.17 Å². The zero-order valence-electron chi connectivity index (χ0n) is 11.3. The number of rotatable bonds is 4. The van der Waals surface area contributed by atoms with Gasteiger partial charge in [0.2, 0.25) is 6.17 Å². The number of carbonyl (C=O) groups excluding carboxylic acids is 1. The van der Waals surface area contributed by atoms with Crippen molar-refractivity contribution in [1.82, 2.24) is 9.13 Å². The van der Waals surface area contributed by atoms with E-state index in [1.54, 1.807) is 0 Å². The van der Waals surface area contributed by atoms with Crippen LogP contribution in [0.15, 0.2) is 61.1 Å². The van der Waals surface area contributed by atoms with Gasteiger partial charge in [0.15, 0.2) is 0 Å². The summed E-state index contributed by atoms with van der Waals surface area (Å²) >= 11 is 0. The quantitative estimate of drug-likeness (QED) is 0.682. The number of para-hydroxylation sites is 1. The second kappa shape index (κ2) is 5.25. The van der Waals surface area contributed by atoms with E-state index in [4.69, 9.17) is 4.74 Å². The minimum atomic E-state index is -0.509. The molecule has 0 saturated carbocycles. The van der Waals surface area contributed by atoms with Gasteiger partial charge in [0, 0.05) is 18.6 Å². The van der Waals surface area contributed by atoms with Gasteiger partial charge >= 0.3 is 5.97 Å². The van der Waals surface area contributed by atoms with Crippen molar-refractivity contribution < 1.29 is 9.53 Å². The molecule has 2 aromatic heterocycles. The van der Waals surface area contributed by atoms with Crippen LogP contribution in [-0.4, -0.2) is 21.7 Å². The van der Waals surface area contributed by atoms with E-state index in [9.17, 15) is 4.79 Å². The molecule has 0 aliphatic heterocycles. The smallest absolute Gasteiger partial charge is 0.350 e. The number of carbonyl (C=O) groups is 1. The van der Waals surface area contributed by atoms with Gasteiger partial charge in [0.05, 0.1) is 12.1 Å². The first kappa shape index (κ1) is 12.5. The molecule has 0 aliphatic carbocycles. The van der Waals surface area contributed by atoms with Gasteiger partial charge in [-0.3, -0.25) is 0 Å². The average molecular weight is 268 g/mol. The minimum absolute atomic E-state index is 0.259. The Kier molecular flexibility index (Phi) is 3.29. The number of ether oxygens (including phenoxy) is 1. The molecule has 0 amide bonds. The van der Waals surface area contributed by atoms with Crippen molar-refractivity contribution in [1.29, 1.82) is 0 Å². The highest BCUT2D eigenvalue weighted by Gasteiger charge is 2.23. The molecule has 2 heterocycles. The molecule has 3 rings (SSSR count). The molecule has 4 nitrogen and oxygen atoms in total. The zero-order chi connectivity index (χ0) is 13.9. The van der Waals surface area contributed by atoms with E-state index in [1.807, 2.05) is 77.1 Å². The third-order valence-corrected chi connectivity index (χ3v) is 3.30. The van der Waals surface area contributed by atoms with Crippen LogP contribution in [0.5, 0.6) is 0 Å². The van der Waals surface area contributed by atoms with E-state index in [-0.39, 0.29) is 5.97 Å². The van der Waals surface area contributed by atoms with Gasteiger partial charge in [-0.2, -0.15) is 0 Å². The lowest BCUT2D eigenvalue weighted by Gasteiger charge is -2.20. The molecule has 4 heteroatoms. The number of esters is 1. The van der Waals surface area contributed by atoms with Crippen LogP contribution in [0.3, 0.4) is 0 Å². The zero-order valence-corrected chi connectivity index (χ0v) is 11.3. The molecule has 1 unspecified atom stereocenters. The van der Waals surface area contributed by atoms with Crippen molar-refractivity contribution in [2.45, 2.75) is 13.1 Å². The second-order valence-corrected chi connectivity index (χ2v) is 4.54. The van der Waals surface area contributed by atoms with Crippen molar-refractivity contribution in [2.75, 3.05) is 6.61 Å². The first-order chi connectivity index (χ1) is 9.81. The Morgan fingerprint density at radius 2 is 1.85 bits per heavy atom. The number of aromatic nitrogens is 2. The van der Waals surface area contributed by atoms with Crippen molar-refractivity contribution in [3.8, 4) is 0 Å². The fraction of sp³-hybridized carbons (Fsp3) is 0.188. The number of fused-ring (bicyclic) bond motifs is 1. The van der Waals surface area contributed by atoms with Crippen LogP contribution in [0.1, 0.15) is 13.1 Å². The Bertz CT molecular complexity index is 713. The molecule has 0 spiro atoms. The first-order valence-corrected chi connectivity index (χ1v) is 6.66. The van der Waals surface area contributed by atoms with Crippen molar-refractivity contribution >= 4 is 16.9 Å². The standard InChI is InChI=1S/C16H16N2O2/c1-2-20-16(19)15(17-10-5-6-11-17)18-12-9-13-7-3-4-8-14(13)18/h3-12,15H,2H2,1H3. The lowest BCUT2D eigenvalue weighted by atomic mass is 10.2. The van der Waals surface area contributed by atoms with Gasteiger partial charge in [-0.25, -0.2) is 4.79 Å². The molecule has 0 radical (unpaired) electrons. The highest BCUT2D eigenvalue weighted by Crippen LogP contribution is 2.22. The molecule has 0 bridgehead atoms. The highest BCUT2D eigenvalue weighted by molar-refractivity contribution is 5.83. The Labute approximate surface area is 117 Å². The topological polar surface area (TPSA) is 36.2 Å². The van der Waals surface area contributed by atoms with E-state index in [0.29, 0.717) is 6.61 Å². The van der Waals surface area contributed by atoms with Gasteiger partial charge in [-0.15, -0.1) is 0 Å². The molecule has 1 atom stereocenters. The van der Waals surface area contributed by atoms with Crippen LogP contribution >= 0.6 is 0 Å².